The van der Waals surface area contributed by atoms with Gasteiger partial charge in [0.05, 0.1) is 17.8 Å². The average Bonchev–Trinajstić information content (AvgIpc) is 3.15. The summed E-state index contributed by atoms with van der Waals surface area (Å²) in [5, 5.41) is 5.58. The van der Waals surface area contributed by atoms with E-state index in [-0.39, 0.29) is 12.0 Å². The standard InChI is InChI=1S/C14H18N2.C9H18N2O2S/c1-16-14-8-7-12(9-13(14)10-15-16)11-5-3-2-4-6-11;1-7(12)11-5-4-8(10-14-3)9(6-11)13-2/h7-11H,2-6H2,1H3;8-10H,4-6H2,1-3H3. The number of nitrogens with one attached hydrogen (secondary N) is 1. The van der Waals surface area contributed by atoms with Crippen molar-refractivity contribution in [1.82, 2.24) is 19.4 Å². The fourth-order valence-electron chi connectivity index (χ4n) is 4.60. The van der Waals surface area contributed by atoms with Crippen LogP contribution < -0.4 is 4.72 Å². The molecule has 2 aromatic rings. The minimum absolute atomic E-state index is 0.111. The maximum atomic E-state index is 11.2. The maximum Gasteiger partial charge on any atom is 0.219 e. The first kappa shape index (κ1) is 23.1. The average molecular weight is 433 g/mol. The van der Waals surface area contributed by atoms with Gasteiger partial charge in [0, 0.05) is 45.6 Å². The highest BCUT2D eigenvalue weighted by atomic mass is 32.2. The third kappa shape index (κ3) is 5.77. The van der Waals surface area contributed by atoms with Gasteiger partial charge in [0.25, 0.3) is 0 Å². The number of likely N-dealkylation sites (tertiary alicyclic amines) is 1. The van der Waals surface area contributed by atoms with Crippen LogP contribution in [-0.4, -0.2) is 59.2 Å². The number of fused-ring (bicyclic) bond motifs is 1. The van der Waals surface area contributed by atoms with Gasteiger partial charge in [-0.05, 0) is 49.1 Å². The molecular formula is C23H36N4O2S. The molecule has 0 bridgehead atoms. The smallest absolute Gasteiger partial charge is 0.219 e. The molecule has 1 aliphatic heterocycles. The van der Waals surface area contributed by atoms with E-state index in [0.717, 1.165) is 18.9 Å². The quantitative estimate of drug-likeness (QED) is 0.737. The number of methoxy groups -OCH3 is 1. The molecule has 0 radical (unpaired) electrons. The lowest BCUT2D eigenvalue weighted by Gasteiger charge is -2.37. The molecule has 2 unspecified atom stereocenters. The highest BCUT2D eigenvalue weighted by Gasteiger charge is 2.29. The van der Waals surface area contributed by atoms with Crippen LogP contribution in [0.5, 0.6) is 0 Å². The highest BCUT2D eigenvalue weighted by molar-refractivity contribution is 7.96. The van der Waals surface area contributed by atoms with Crippen molar-refractivity contribution in [2.75, 3.05) is 26.5 Å². The number of hydrogen-bond donors (Lipinski definition) is 1. The molecule has 30 heavy (non-hydrogen) atoms. The molecule has 0 spiro atoms. The van der Waals surface area contributed by atoms with Crippen molar-refractivity contribution in [2.24, 2.45) is 7.05 Å². The van der Waals surface area contributed by atoms with Gasteiger partial charge >= 0.3 is 0 Å². The van der Waals surface area contributed by atoms with E-state index in [2.05, 4.69) is 28.0 Å². The summed E-state index contributed by atoms with van der Waals surface area (Å²) in [4.78, 5) is 13.0. The number of benzene rings is 1. The van der Waals surface area contributed by atoms with Crippen molar-refractivity contribution in [2.45, 2.75) is 63.5 Å². The fourth-order valence-corrected chi connectivity index (χ4v) is 5.17. The monoisotopic (exact) mass is 432 g/mol. The minimum atomic E-state index is 0.111. The van der Waals surface area contributed by atoms with Gasteiger partial charge in [0.2, 0.25) is 5.91 Å². The Morgan fingerprint density at radius 1 is 1.23 bits per heavy atom. The molecule has 1 aromatic carbocycles. The summed E-state index contributed by atoms with van der Waals surface area (Å²) >= 11 is 1.60. The first-order chi connectivity index (χ1) is 14.5. The third-order valence-corrected chi connectivity index (χ3v) is 6.96. The van der Waals surface area contributed by atoms with Crippen LogP contribution in [0.4, 0.5) is 0 Å². The lowest BCUT2D eigenvalue weighted by atomic mass is 9.84. The van der Waals surface area contributed by atoms with Gasteiger partial charge in [-0.2, -0.15) is 5.10 Å². The molecule has 2 heterocycles. The number of rotatable bonds is 4. The molecule has 1 aliphatic carbocycles. The van der Waals surface area contributed by atoms with Crippen molar-refractivity contribution in [3.63, 3.8) is 0 Å². The summed E-state index contributed by atoms with van der Waals surface area (Å²) in [6.45, 7) is 3.13. The van der Waals surface area contributed by atoms with Crippen LogP contribution in [0.1, 0.15) is 56.9 Å². The van der Waals surface area contributed by atoms with Crippen LogP contribution in [-0.2, 0) is 16.6 Å². The van der Waals surface area contributed by atoms with Crippen LogP contribution in [0.2, 0.25) is 0 Å². The van der Waals surface area contributed by atoms with E-state index >= 15 is 0 Å². The summed E-state index contributed by atoms with van der Waals surface area (Å²) < 4.78 is 10.6. The second kappa shape index (κ2) is 11.2. The molecular weight excluding hydrogens is 396 g/mol. The van der Waals surface area contributed by atoms with Crippen molar-refractivity contribution in [1.29, 1.82) is 0 Å². The first-order valence-electron chi connectivity index (χ1n) is 11.0. The lowest BCUT2D eigenvalue weighted by molar-refractivity contribution is -0.132. The predicted octanol–water partition coefficient (Wildman–Crippen LogP) is 4.11. The SMILES string of the molecule is COC1CN(C(C)=O)CCC1NSC.Cn1ncc2cc(C3CCCCC3)ccc21. The van der Waals surface area contributed by atoms with E-state index < -0.39 is 0 Å². The van der Waals surface area contributed by atoms with Crippen molar-refractivity contribution < 1.29 is 9.53 Å². The second-order valence-corrected chi connectivity index (χ2v) is 9.02. The Morgan fingerprint density at radius 3 is 2.67 bits per heavy atom. The summed E-state index contributed by atoms with van der Waals surface area (Å²) in [7, 11) is 3.70. The third-order valence-electron chi connectivity index (χ3n) is 6.42. The molecule has 6 nitrogen and oxygen atoms in total. The van der Waals surface area contributed by atoms with Gasteiger partial charge in [-0.1, -0.05) is 37.3 Å². The summed E-state index contributed by atoms with van der Waals surface area (Å²) in [6.07, 6.45) is 12.0. The molecule has 166 valence electrons. The zero-order chi connectivity index (χ0) is 21.5. The molecule has 1 saturated heterocycles. The Balaban J connectivity index is 0.000000173. The van der Waals surface area contributed by atoms with Crippen LogP contribution in [0.15, 0.2) is 24.4 Å². The number of amides is 1. The number of carbonyl (C=O) groups is 1. The van der Waals surface area contributed by atoms with E-state index in [1.54, 1.807) is 26.0 Å². The van der Waals surface area contributed by atoms with Gasteiger partial charge in [-0.15, -0.1) is 0 Å². The minimum Gasteiger partial charge on any atom is -0.378 e. The Hall–Kier alpha value is -1.57. The Kier molecular flexibility index (Phi) is 8.60. The number of piperidine rings is 1. The Labute approximate surface area is 184 Å². The van der Waals surface area contributed by atoms with Crippen LogP contribution in [0.25, 0.3) is 10.9 Å². The van der Waals surface area contributed by atoms with Gasteiger partial charge in [-0.25, -0.2) is 0 Å². The number of aryl methyl sites for hydroxylation is 1. The van der Waals surface area contributed by atoms with Gasteiger partial charge < -0.3 is 9.64 Å². The summed E-state index contributed by atoms with van der Waals surface area (Å²) in [5.41, 5.74) is 2.75. The topological polar surface area (TPSA) is 59.4 Å². The number of aromatic nitrogens is 2. The molecule has 7 heteroatoms. The second-order valence-electron chi connectivity index (χ2n) is 8.38. The van der Waals surface area contributed by atoms with E-state index in [4.69, 9.17) is 4.74 Å². The Morgan fingerprint density at radius 2 is 2.00 bits per heavy atom. The van der Waals surface area contributed by atoms with Crippen LogP contribution >= 0.6 is 11.9 Å². The number of ether oxygens (including phenoxy) is 1. The molecule has 1 saturated carbocycles. The molecule has 2 aliphatic rings. The largest absolute Gasteiger partial charge is 0.378 e. The zero-order valence-electron chi connectivity index (χ0n) is 18.8. The van der Waals surface area contributed by atoms with E-state index in [0.29, 0.717) is 12.6 Å². The van der Waals surface area contributed by atoms with Crippen LogP contribution in [0, 0.1) is 0 Å². The normalized spacial score (nSPS) is 22.6. The summed E-state index contributed by atoms with van der Waals surface area (Å²) in [5.74, 6) is 0.924. The molecule has 1 N–H and O–H groups in total. The molecule has 1 amide bonds. The van der Waals surface area contributed by atoms with Crippen molar-refractivity contribution >= 4 is 28.8 Å². The highest BCUT2D eigenvalue weighted by Crippen LogP contribution is 2.33. The fraction of sp³-hybridized carbons (Fsp3) is 0.652. The van der Waals surface area contributed by atoms with Gasteiger partial charge in [0.1, 0.15) is 0 Å². The lowest BCUT2D eigenvalue weighted by Crippen LogP contribution is -2.53. The molecule has 4 rings (SSSR count). The van der Waals surface area contributed by atoms with E-state index in [1.165, 1.54) is 48.6 Å². The number of nitrogens with zero attached hydrogens (tertiary/aromatic N) is 3. The molecule has 2 atom stereocenters. The van der Waals surface area contributed by atoms with Crippen molar-refractivity contribution in [3.05, 3.63) is 30.0 Å². The van der Waals surface area contributed by atoms with E-state index in [9.17, 15) is 4.79 Å². The van der Waals surface area contributed by atoms with E-state index in [1.807, 2.05) is 29.1 Å². The summed E-state index contributed by atoms with van der Waals surface area (Å²) in [6, 6.07) is 7.19. The predicted molar refractivity (Wildman–Crippen MR) is 125 cm³/mol. The molecule has 2 fully saturated rings. The first-order valence-corrected chi connectivity index (χ1v) is 12.2. The van der Waals surface area contributed by atoms with Gasteiger partial charge in [-0.3, -0.25) is 14.2 Å². The Bertz CT molecular complexity index is 819. The van der Waals surface area contributed by atoms with Gasteiger partial charge in [0.15, 0.2) is 0 Å². The van der Waals surface area contributed by atoms with Crippen LogP contribution in [0.3, 0.4) is 0 Å². The zero-order valence-corrected chi connectivity index (χ0v) is 19.6. The van der Waals surface area contributed by atoms with Crippen molar-refractivity contribution in [3.8, 4) is 0 Å². The number of carbonyl (C=O) groups excluding carboxylic acids is 1. The molecule has 1 aromatic heterocycles. The number of hydrogen-bond acceptors (Lipinski definition) is 5. The maximum absolute atomic E-state index is 11.2.